The summed E-state index contributed by atoms with van der Waals surface area (Å²) >= 11 is 0. The van der Waals surface area contributed by atoms with Gasteiger partial charge in [0.2, 0.25) is 11.8 Å². The first kappa shape index (κ1) is 28.4. The molecule has 0 spiro atoms. The number of carbonyl (C=O) groups excluding carboxylic acids is 5. The Hall–Kier alpha value is -5.37. The highest BCUT2D eigenvalue weighted by Crippen LogP contribution is 2.56. The number of imide groups is 1. The second-order valence-electron chi connectivity index (χ2n) is 11.9. The van der Waals surface area contributed by atoms with E-state index >= 15 is 0 Å². The van der Waals surface area contributed by atoms with Gasteiger partial charge in [-0.2, -0.15) is 0 Å². The third-order valence-corrected chi connectivity index (χ3v) is 9.53. The van der Waals surface area contributed by atoms with Crippen LogP contribution >= 0.6 is 0 Å². The fourth-order valence-electron chi connectivity index (χ4n) is 7.38. The van der Waals surface area contributed by atoms with Gasteiger partial charge in [0.25, 0.3) is 0 Å². The van der Waals surface area contributed by atoms with Crippen LogP contribution in [0.25, 0.3) is 0 Å². The Balaban J connectivity index is 1.27. The van der Waals surface area contributed by atoms with E-state index in [1.54, 1.807) is 67.6 Å². The minimum Gasteiger partial charge on any atom is -0.508 e. The molecule has 1 heterocycles. The Morgan fingerprint density at radius 2 is 1.60 bits per heavy atom. The molecule has 224 valence electrons. The van der Waals surface area contributed by atoms with Crippen LogP contribution in [-0.4, -0.2) is 41.4 Å². The van der Waals surface area contributed by atoms with Crippen molar-refractivity contribution in [2.24, 2.45) is 17.8 Å². The number of anilines is 1. The lowest BCUT2D eigenvalue weighted by atomic mass is 9.59. The van der Waals surface area contributed by atoms with Gasteiger partial charge in [0.05, 0.1) is 24.6 Å². The molecule has 3 aromatic rings. The summed E-state index contributed by atoms with van der Waals surface area (Å²) in [6.07, 6.45) is 3.63. The Labute approximate surface area is 259 Å². The summed E-state index contributed by atoms with van der Waals surface area (Å²) in [6.45, 7) is 1.60. The number of nitrogens with zero attached hydrogens (tertiary/aromatic N) is 1. The molecule has 4 atom stereocenters. The molecule has 0 radical (unpaired) electrons. The van der Waals surface area contributed by atoms with Gasteiger partial charge in [0.1, 0.15) is 11.5 Å². The van der Waals surface area contributed by atoms with E-state index in [0.29, 0.717) is 44.8 Å². The lowest BCUT2D eigenvalue weighted by Gasteiger charge is -2.42. The lowest BCUT2D eigenvalue weighted by Crippen LogP contribution is -2.39. The highest BCUT2D eigenvalue weighted by Gasteiger charge is 2.56. The van der Waals surface area contributed by atoms with Crippen LogP contribution in [0.3, 0.4) is 0 Å². The highest BCUT2D eigenvalue weighted by atomic mass is 16.5. The second kappa shape index (κ2) is 10.7. The number of ether oxygens (including phenoxy) is 1. The van der Waals surface area contributed by atoms with Crippen molar-refractivity contribution in [3.63, 3.8) is 0 Å². The van der Waals surface area contributed by atoms with Crippen molar-refractivity contribution < 1.29 is 33.8 Å². The molecule has 1 aliphatic heterocycles. The Morgan fingerprint density at radius 1 is 0.889 bits per heavy atom. The van der Waals surface area contributed by atoms with Gasteiger partial charge >= 0.3 is 0 Å². The zero-order chi connectivity index (χ0) is 31.6. The number of phenols is 1. The molecule has 0 aromatic heterocycles. The molecule has 1 fully saturated rings. The molecule has 8 nitrogen and oxygen atoms in total. The average Bonchev–Trinajstić information content (AvgIpc) is 3.32. The first-order valence-corrected chi connectivity index (χ1v) is 14.8. The van der Waals surface area contributed by atoms with E-state index in [4.69, 9.17) is 4.74 Å². The van der Waals surface area contributed by atoms with E-state index in [1.165, 1.54) is 24.2 Å². The van der Waals surface area contributed by atoms with Crippen LogP contribution in [0.4, 0.5) is 5.69 Å². The molecule has 0 saturated carbocycles. The number of methoxy groups -OCH3 is 1. The number of ketones is 3. The Bertz CT molecular complexity index is 1920. The van der Waals surface area contributed by atoms with Crippen LogP contribution < -0.4 is 9.64 Å². The predicted octanol–water partition coefficient (Wildman–Crippen LogP) is 5.27. The van der Waals surface area contributed by atoms with E-state index in [-0.39, 0.29) is 47.8 Å². The number of Topliss-reactive ketones (excluding diaryl/α,β-unsaturated/α-hetero) is 1. The number of allylic oxidation sites excluding steroid dienone is 6. The maximum absolute atomic E-state index is 14.2. The fraction of sp³-hybridized carbons (Fsp3) is 0.216. The molecule has 3 aliphatic carbocycles. The van der Waals surface area contributed by atoms with Crippen LogP contribution in [0.15, 0.2) is 107 Å². The molecule has 7 rings (SSSR count). The van der Waals surface area contributed by atoms with Crippen molar-refractivity contribution in [2.45, 2.75) is 25.7 Å². The standard InChI is InChI=1S/C37H29NO7/c1-19-16-30(40)28-18-26-24(31(33(28)34(19)41)27-17-23(45-2)12-15-29(27)39)13-14-25-32(26)37(44)38(36(25)43)22-10-8-21(9-11-22)35(42)20-6-4-3-5-7-20/h3-13,15-17,25-26,31-32,39H,14,18H2,1-2H3/t25-,26+,31+,32-/m0/s1. The number of phenolic OH excluding ortho intramolecular Hbond substituents is 1. The summed E-state index contributed by atoms with van der Waals surface area (Å²) < 4.78 is 5.42. The Morgan fingerprint density at radius 3 is 2.31 bits per heavy atom. The van der Waals surface area contributed by atoms with Gasteiger partial charge in [-0.3, -0.25) is 28.9 Å². The minimum atomic E-state index is -0.782. The number of rotatable bonds is 5. The van der Waals surface area contributed by atoms with Gasteiger partial charge in [0.15, 0.2) is 17.3 Å². The van der Waals surface area contributed by atoms with Crippen LogP contribution in [-0.2, 0) is 19.2 Å². The number of hydrogen-bond acceptors (Lipinski definition) is 7. The summed E-state index contributed by atoms with van der Waals surface area (Å²) in [5, 5.41) is 11.0. The highest BCUT2D eigenvalue weighted by molar-refractivity contribution is 6.25. The van der Waals surface area contributed by atoms with Crippen molar-refractivity contribution >= 4 is 34.9 Å². The number of benzene rings is 3. The molecular weight excluding hydrogens is 570 g/mol. The number of fused-ring (bicyclic) bond motifs is 3. The smallest absolute Gasteiger partial charge is 0.238 e. The maximum atomic E-state index is 14.2. The van der Waals surface area contributed by atoms with Crippen molar-refractivity contribution in [3.8, 4) is 11.5 Å². The maximum Gasteiger partial charge on any atom is 0.238 e. The SMILES string of the molecule is COc1ccc(O)c([C@H]2C3=CC[C@@H]4C(=O)N(c5ccc(C(=O)c6ccccc6)cc5)C(=O)[C@@H]4[C@@H]3CC3=C2C(=O)C(C)=CC3=O)c1. The lowest BCUT2D eigenvalue weighted by molar-refractivity contribution is -0.123. The van der Waals surface area contributed by atoms with Crippen molar-refractivity contribution in [3.05, 3.63) is 124 Å². The molecule has 4 aliphatic rings. The largest absolute Gasteiger partial charge is 0.508 e. The summed E-state index contributed by atoms with van der Waals surface area (Å²) in [6, 6.07) is 20.0. The third kappa shape index (κ3) is 4.39. The summed E-state index contributed by atoms with van der Waals surface area (Å²) in [5.74, 6) is -3.81. The topological polar surface area (TPSA) is 118 Å². The van der Waals surface area contributed by atoms with Crippen LogP contribution in [0.5, 0.6) is 11.5 Å². The second-order valence-corrected chi connectivity index (χ2v) is 11.9. The molecule has 1 saturated heterocycles. The zero-order valence-electron chi connectivity index (χ0n) is 24.7. The van der Waals surface area contributed by atoms with Crippen LogP contribution in [0, 0.1) is 17.8 Å². The molecule has 3 aromatic carbocycles. The molecule has 45 heavy (non-hydrogen) atoms. The fourth-order valence-corrected chi connectivity index (χ4v) is 7.38. The van der Waals surface area contributed by atoms with Gasteiger partial charge in [-0.15, -0.1) is 0 Å². The van der Waals surface area contributed by atoms with Crippen LogP contribution in [0.2, 0.25) is 0 Å². The predicted molar refractivity (Wildman–Crippen MR) is 165 cm³/mol. The van der Waals surface area contributed by atoms with Crippen molar-refractivity contribution in [1.82, 2.24) is 0 Å². The molecule has 0 unspecified atom stereocenters. The molecular formula is C37H29NO7. The van der Waals surface area contributed by atoms with E-state index in [2.05, 4.69) is 0 Å². The average molecular weight is 600 g/mol. The van der Waals surface area contributed by atoms with Crippen LogP contribution in [0.1, 0.15) is 47.2 Å². The zero-order valence-corrected chi connectivity index (χ0v) is 24.7. The normalized spacial score (nSPS) is 24.1. The quantitative estimate of drug-likeness (QED) is 0.184. The number of carbonyl (C=O) groups is 5. The molecule has 8 heteroatoms. The monoisotopic (exact) mass is 599 g/mol. The summed E-state index contributed by atoms with van der Waals surface area (Å²) in [7, 11) is 1.50. The number of aromatic hydroxyl groups is 1. The van der Waals surface area contributed by atoms with E-state index in [9.17, 15) is 29.1 Å². The van der Waals surface area contributed by atoms with Gasteiger partial charge in [-0.1, -0.05) is 42.0 Å². The third-order valence-electron chi connectivity index (χ3n) is 9.53. The van der Waals surface area contributed by atoms with Gasteiger partial charge in [-0.05, 0) is 74.2 Å². The molecule has 0 bridgehead atoms. The van der Waals surface area contributed by atoms with Gasteiger partial charge in [0, 0.05) is 39.3 Å². The van der Waals surface area contributed by atoms with E-state index in [0.717, 1.165) is 5.57 Å². The van der Waals surface area contributed by atoms with Crippen molar-refractivity contribution in [2.75, 3.05) is 12.0 Å². The van der Waals surface area contributed by atoms with Gasteiger partial charge in [-0.25, -0.2) is 0 Å². The summed E-state index contributed by atoms with van der Waals surface area (Å²) in [4.78, 5) is 69.1. The minimum absolute atomic E-state index is 0.0654. The van der Waals surface area contributed by atoms with E-state index in [1.807, 2.05) is 12.1 Å². The first-order chi connectivity index (χ1) is 21.7. The summed E-state index contributed by atoms with van der Waals surface area (Å²) in [5.41, 5.74) is 3.39. The number of amides is 2. The number of hydrogen-bond donors (Lipinski definition) is 1. The first-order valence-electron chi connectivity index (χ1n) is 14.8. The van der Waals surface area contributed by atoms with Crippen molar-refractivity contribution in [1.29, 1.82) is 0 Å². The molecule has 1 N–H and O–H groups in total. The van der Waals surface area contributed by atoms with Gasteiger partial charge < -0.3 is 9.84 Å². The molecule has 2 amide bonds. The van der Waals surface area contributed by atoms with E-state index < -0.39 is 23.7 Å². The Kier molecular flexibility index (Phi) is 6.73.